The zero-order chi connectivity index (χ0) is 15.8. The van der Waals surface area contributed by atoms with Crippen molar-refractivity contribution in [1.29, 1.82) is 0 Å². The topological polar surface area (TPSA) is 59.8 Å². The second-order valence-corrected chi connectivity index (χ2v) is 5.34. The standard InChI is InChI=1S/C17H13FN4O/c18-13-3-1-12(2-4-13)16-15(11-5-8-19-9-6-11)17-20-14(23)7-10-22(17)21-16/h1-6,8-9H,7,10H2,(H,20,23). The van der Waals surface area contributed by atoms with Crippen LogP contribution in [0.1, 0.15) is 6.42 Å². The molecule has 3 aromatic rings. The fraction of sp³-hybridized carbons (Fsp3) is 0.118. The van der Waals surface area contributed by atoms with E-state index in [2.05, 4.69) is 15.4 Å². The molecule has 3 heterocycles. The number of carbonyl (C=O) groups excluding carboxylic acids is 1. The molecule has 1 N–H and O–H groups in total. The van der Waals surface area contributed by atoms with Crippen LogP contribution in [0.4, 0.5) is 10.2 Å². The summed E-state index contributed by atoms with van der Waals surface area (Å²) in [6.07, 6.45) is 3.78. The molecule has 0 aliphatic carbocycles. The van der Waals surface area contributed by atoms with Crippen LogP contribution in [-0.4, -0.2) is 20.7 Å². The number of pyridine rings is 1. The fourth-order valence-electron chi connectivity index (χ4n) is 2.75. The Hall–Kier alpha value is -3.02. The van der Waals surface area contributed by atoms with Gasteiger partial charge in [-0.3, -0.25) is 9.78 Å². The number of amides is 1. The van der Waals surface area contributed by atoms with E-state index in [0.29, 0.717) is 24.5 Å². The van der Waals surface area contributed by atoms with Crippen molar-refractivity contribution in [2.75, 3.05) is 5.32 Å². The molecule has 1 aliphatic heterocycles. The van der Waals surface area contributed by atoms with Crippen LogP contribution in [-0.2, 0) is 11.3 Å². The summed E-state index contributed by atoms with van der Waals surface area (Å²) in [4.78, 5) is 15.8. The molecular weight excluding hydrogens is 295 g/mol. The second kappa shape index (κ2) is 5.31. The summed E-state index contributed by atoms with van der Waals surface area (Å²) in [6.45, 7) is 0.528. The highest BCUT2D eigenvalue weighted by Gasteiger charge is 2.25. The van der Waals surface area contributed by atoms with E-state index in [9.17, 15) is 9.18 Å². The van der Waals surface area contributed by atoms with Gasteiger partial charge in [0.15, 0.2) is 0 Å². The highest BCUT2D eigenvalue weighted by molar-refractivity contribution is 5.99. The Bertz CT molecular complexity index is 872. The van der Waals surface area contributed by atoms with Gasteiger partial charge in [-0.05, 0) is 42.0 Å². The Morgan fingerprint density at radius 2 is 1.78 bits per heavy atom. The summed E-state index contributed by atoms with van der Waals surface area (Å²) < 4.78 is 15.0. The third kappa shape index (κ3) is 2.38. The van der Waals surface area contributed by atoms with Crippen molar-refractivity contribution < 1.29 is 9.18 Å². The van der Waals surface area contributed by atoms with Crippen LogP contribution in [0.5, 0.6) is 0 Å². The van der Waals surface area contributed by atoms with Gasteiger partial charge in [-0.1, -0.05) is 0 Å². The van der Waals surface area contributed by atoms with E-state index in [1.165, 1.54) is 12.1 Å². The molecule has 0 saturated heterocycles. The lowest BCUT2D eigenvalue weighted by Crippen LogP contribution is -2.23. The molecule has 23 heavy (non-hydrogen) atoms. The van der Waals surface area contributed by atoms with Crippen molar-refractivity contribution in [2.24, 2.45) is 0 Å². The molecule has 5 nitrogen and oxygen atoms in total. The first-order valence-corrected chi connectivity index (χ1v) is 7.29. The largest absolute Gasteiger partial charge is 0.310 e. The summed E-state index contributed by atoms with van der Waals surface area (Å²) in [5.41, 5.74) is 3.25. The predicted molar refractivity (Wildman–Crippen MR) is 84.1 cm³/mol. The Labute approximate surface area is 131 Å². The maximum Gasteiger partial charge on any atom is 0.227 e. The molecule has 114 valence electrons. The van der Waals surface area contributed by atoms with E-state index < -0.39 is 0 Å². The van der Waals surface area contributed by atoms with E-state index in [1.54, 1.807) is 29.2 Å². The number of aryl methyl sites for hydroxylation is 1. The van der Waals surface area contributed by atoms with Gasteiger partial charge in [0.25, 0.3) is 0 Å². The third-order valence-electron chi connectivity index (χ3n) is 3.85. The minimum absolute atomic E-state index is 0.0293. The summed E-state index contributed by atoms with van der Waals surface area (Å²) in [5.74, 6) is 0.349. The highest BCUT2D eigenvalue weighted by atomic mass is 19.1. The molecule has 0 unspecified atom stereocenters. The summed E-state index contributed by atoms with van der Waals surface area (Å²) in [6, 6.07) is 9.93. The number of nitrogens with zero attached hydrogens (tertiary/aromatic N) is 3. The summed E-state index contributed by atoms with van der Waals surface area (Å²) in [5, 5.41) is 7.52. The van der Waals surface area contributed by atoms with Crippen LogP contribution < -0.4 is 5.32 Å². The molecule has 1 aromatic carbocycles. The maximum atomic E-state index is 13.2. The van der Waals surface area contributed by atoms with Crippen molar-refractivity contribution >= 4 is 11.7 Å². The monoisotopic (exact) mass is 308 g/mol. The van der Waals surface area contributed by atoms with Gasteiger partial charge in [-0.25, -0.2) is 9.07 Å². The molecular formula is C17H13FN4O. The maximum absolute atomic E-state index is 13.2. The van der Waals surface area contributed by atoms with Crippen LogP contribution in [0.3, 0.4) is 0 Å². The Kier molecular flexibility index (Phi) is 3.15. The molecule has 1 amide bonds. The third-order valence-corrected chi connectivity index (χ3v) is 3.85. The predicted octanol–water partition coefficient (Wildman–Crippen LogP) is 3.09. The normalized spacial score (nSPS) is 13.5. The SMILES string of the molecule is O=C1CCn2nc(-c3ccc(F)cc3)c(-c3ccncc3)c2N1. The van der Waals surface area contributed by atoms with Crippen LogP contribution >= 0.6 is 0 Å². The highest BCUT2D eigenvalue weighted by Crippen LogP contribution is 2.38. The summed E-state index contributed by atoms with van der Waals surface area (Å²) in [7, 11) is 0. The average molecular weight is 308 g/mol. The molecule has 6 heteroatoms. The Morgan fingerprint density at radius 1 is 1.04 bits per heavy atom. The smallest absolute Gasteiger partial charge is 0.227 e. The van der Waals surface area contributed by atoms with Crippen LogP contribution in [0.15, 0.2) is 48.8 Å². The van der Waals surface area contributed by atoms with Gasteiger partial charge in [0, 0.05) is 24.4 Å². The lowest BCUT2D eigenvalue weighted by molar-refractivity contribution is -0.116. The zero-order valence-corrected chi connectivity index (χ0v) is 12.2. The Balaban J connectivity index is 1.95. The van der Waals surface area contributed by atoms with Gasteiger partial charge in [0.2, 0.25) is 5.91 Å². The average Bonchev–Trinajstić information content (AvgIpc) is 2.95. The van der Waals surface area contributed by atoms with Gasteiger partial charge >= 0.3 is 0 Å². The quantitative estimate of drug-likeness (QED) is 0.791. The molecule has 4 rings (SSSR count). The number of carbonyl (C=O) groups is 1. The molecule has 0 atom stereocenters. The van der Waals surface area contributed by atoms with Crippen LogP contribution in [0, 0.1) is 5.82 Å². The first-order chi connectivity index (χ1) is 11.2. The number of anilines is 1. The summed E-state index contributed by atoms with van der Waals surface area (Å²) >= 11 is 0. The lowest BCUT2D eigenvalue weighted by atomic mass is 10.0. The number of nitrogens with one attached hydrogen (secondary N) is 1. The number of aromatic nitrogens is 3. The van der Waals surface area contributed by atoms with Crippen LogP contribution in [0.25, 0.3) is 22.4 Å². The zero-order valence-electron chi connectivity index (χ0n) is 12.2. The molecule has 0 fully saturated rings. The minimum Gasteiger partial charge on any atom is -0.310 e. The fourth-order valence-corrected chi connectivity index (χ4v) is 2.75. The molecule has 0 radical (unpaired) electrons. The number of benzene rings is 1. The first kappa shape index (κ1) is 13.6. The van der Waals surface area contributed by atoms with Crippen molar-refractivity contribution in [3.8, 4) is 22.4 Å². The number of fused-ring (bicyclic) bond motifs is 1. The molecule has 1 aliphatic rings. The van der Waals surface area contributed by atoms with Crippen molar-refractivity contribution in [2.45, 2.75) is 13.0 Å². The van der Waals surface area contributed by atoms with Gasteiger partial charge in [0.05, 0.1) is 12.1 Å². The van der Waals surface area contributed by atoms with Gasteiger partial charge < -0.3 is 5.32 Å². The van der Waals surface area contributed by atoms with Gasteiger partial charge in [-0.15, -0.1) is 0 Å². The van der Waals surface area contributed by atoms with E-state index in [-0.39, 0.29) is 11.7 Å². The first-order valence-electron chi connectivity index (χ1n) is 7.29. The lowest BCUT2D eigenvalue weighted by Gasteiger charge is -2.15. The van der Waals surface area contributed by atoms with E-state index in [0.717, 1.165) is 16.7 Å². The number of hydrogen-bond acceptors (Lipinski definition) is 3. The van der Waals surface area contributed by atoms with Gasteiger partial charge in [0.1, 0.15) is 17.3 Å². The number of halogens is 1. The van der Waals surface area contributed by atoms with Crippen molar-refractivity contribution in [3.05, 3.63) is 54.6 Å². The van der Waals surface area contributed by atoms with E-state index in [4.69, 9.17) is 0 Å². The van der Waals surface area contributed by atoms with E-state index in [1.807, 2.05) is 12.1 Å². The number of rotatable bonds is 2. The molecule has 0 spiro atoms. The van der Waals surface area contributed by atoms with Crippen LogP contribution in [0.2, 0.25) is 0 Å². The Morgan fingerprint density at radius 3 is 2.52 bits per heavy atom. The van der Waals surface area contributed by atoms with Crippen molar-refractivity contribution in [3.63, 3.8) is 0 Å². The second-order valence-electron chi connectivity index (χ2n) is 5.34. The van der Waals surface area contributed by atoms with E-state index >= 15 is 0 Å². The van der Waals surface area contributed by atoms with Gasteiger partial charge in [-0.2, -0.15) is 5.10 Å². The minimum atomic E-state index is -0.295. The molecule has 2 aromatic heterocycles. The van der Waals surface area contributed by atoms with Crippen molar-refractivity contribution in [1.82, 2.24) is 14.8 Å². The molecule has 0 bridgehead atoms. The number of hydrogen-bond donors (Lipinski definition) is 1. The molecule has 0 saturated carbocycles.